The van der Waals surface area contributed by atoms with E-state index in [4.69, 9.17) is 11.6 Å². The summed E-state index contributed by atoms with van der Waals surface area (Å²) in [5.41, 5.74) is -0.800. The maximum absolute atomic E-state index is 12.9. The van der Waals surface area contributed by atoms with Gasteiger partial charge in [-0.2, -0.15) is 4.99 Å². The highest BCUT2D eigenvalue weighted by molar-refractivity contribution is 6.20. The number of nitrogens with zero attached hydrogens (tertiary/aromatic N) is 1. The molecule has 0 spiro atoms. The Bertz CT molecular complexity index is 323. The molecule has 12 heavy (non-hydrogen) atoms. The number of alkyl halides is 1. The lowest BCUT2D eigenvalue weighted by atomic mass is 10.2. The maximum atomic E-state index is 12.9. The van der Waals surface area contributed by atoms with Gasteiger partial charge >= 0.3 is 0 Å². The second-order valence-corrected chi connectivity index (χ2v) is 2.49. The van der Waals surface area contributed by atoms with Gasteiger partial charge in [0.25, 0.3) is 0 Å². The molecule has 0 heterocycles. The molecule has 0 aliphatic rings. The fraction of sp³-hybridized carbons (Fsp3) is 0.125. The molecule has 4 heteroatoms. The van der Waals surface area contributed by atoms with E-state index < -0.39 is 11.3 Å². The van der Waals surface area contributed by atoms with Gasteiger partial charge in [0.2, 0.25) is 6.08 Å². The van der Waals surface area contributed by atoms with Crippen molar-refractivity contribution in [2.24, 2.45) is 4.99 Å². The molecule has 0 aromatic heterocycles. The van der Waals surface area contributed by atoms with Crippen LogP contribution in [0.1, 0.15) is 11.1 Å². The molecule has 0 saturated carbocycles. The molecule has 1 rings (SSSR count). The second kappa shape index (κ2) is 4.00. The van der Waals surface area contributed by atoms with Gasteiger partial charge < -0.3 is 0 Å². The van der Waals surface area contributed by atoms with Crippen LogP contribution < -0.4 is 0 Å². The third kappa shape index (κ3) is 1.91. The summed E-state index contributed by atoms with van der Waals surface area (Å²) in [6.07, 6.45) is 1.27. The van der Waals surface area contributed by atoms with Crippen molar-refractivity contribution in [2.75, 3.05) is 0 Å². The largest absolute Gasteiger partial charge is 0.236 e. The molecule has 62 valence electrons. The van der Waals surface area contributed by atoms with Gasteiger partial charge in [0.1, 0.15) is 5.82 Å². The topological polar surface area (TPSA) is 29.4 Å². The summed E-state index contributed by atoms with van der Waals surface area (Å²) in [4.78, 5) is 13.0. The van der Waals surface area contributed by atoms with E-state index in [1.165, 1.54) is 24.3 Å². The van der Waals surface area contributed by atoms with Crippen LogP contribution in [0.2, 0.25) is 0 Å². The average Bonchev–Trinajstić information content (AvgIpc) is 2.05. The molecule has 1 aromatic rings. The first kappa shape index (κ1) is 8.91. The normalized spacial score (nSPS) is 11.8. The van der Waals surface area contributed by atoms with Crippen molar-refractivity contribution < 1.29 is 9.18 Å². The Hall–Kier alpha value is -1.18. The molecule has 1 aromatic carbocycles. The van der Waals surface area contributed by atoms with Crippen molar-refractivity contribution >= 4 is 17.7 Å². The Morgan fingerprint density at radius 2 is 2.17 bits per heavy atom. The van der Waals surface area contributed by atoms with Gasteiger partial charge in [0.15, 0.2) is 5.50 Å². The molecule has 1 atom stereocenters. The Labute approximate surface area is 73.7 Å². The summed E-state index contributed by atoms with van der Waals surface area (Å²) in [6.45, 7) is 0. The summed E-state index contributed by atoms with van der Waals surface area (Å²) < 4.78 is 12.9. The van der Waals surface area contributed by atoms with Crippen LogP contribution in [0.5, 0.6) is 0 Å². The van der Waals surface area contributed by atoms with Gasteiger partial charge in [0, 0.05) is 5.56 Å². The Balaban J connectivity index is 3.02. The minimum atomic E-state index is -0.983. The van der Waals surface area contributed by atoms with Crippen molar-refractivity contribution in [1.29, 1.82) is 0 Å². The van der Waals surface area contributed by atoms with E-state index in [2.05, 4.69) is 4.99 Å². The van der Waals surface area contributed by atoms with Crippen LogP contribution in [-0.4, -0.2) is 6.08 Å². The van der Waals surface area contributed by atoms with Crippen molar-refractivity contribution in [1.82, 2.24) is 0 Å². The lowest BCUT2D eigenvalue weighted by Gasteiger charge is -2.02. The number of carbonyl (C=O) groups excluding carboxylic acids is 1. The molecule has 0 bridgehead atoms. The molecular formula is C8H5ClFNO. The molecule has 0 amide bonds. The van der Waals surface area contributed by atoms with Gasteiger partial charge in [-0.3, -0.25) is 0 Å². The molecular weight excluding hydrogens is 181 g/mol. The van der Waals surface area contributed by atoms with Crippen LogP contribution in [-0.2, 0) is 4.79 Å². The molecule has 0 aliphatic heterocycles. The van der Waals surface area contributed by atoms with Gasteiger partial charge in [-0.25, -0.2) is 9.18 Å². The van der Waals surface area contributed by atoms with Crippen molar-refractivity contribution in [3.05, 3.63) is 35.6 Å². The number of hydrogen-bond acceptors (Lipinski definition) is 2. The van der Waals surface area contributed by atoms with Crippen molar-refractivity contribution in [2.45, 2.75) is 5.50 Å². The Kier molecular flexibility index (Phi) is 2.97. The zero-order valence-corrected chi connectivity index (χ0v) is 6.75. The number of halogens is 2. The zero-order valence-electron chi connectivity index (χ0n) is 6.00. The highest BCUT2D eigenvalue weighted by Crippen LogP contribution is 2.23. The highest BCUT2D eigenvalue weighted by atomic mass is 35.5. The standard InChI is InChI=1S/C8H5ClFNO/c9-8(11-5-12)6-3-1-2-4-7(6)10/h1-4,8H. The van der Waals surface area contributed by atoms with E-state index >= 15 is 0 Å². The van der Waals surface area contributed by atoms with E-state index in [-0.39, 0.29) is 5.56 Å². The predicted octanol–water partition coefficient (Wildman–Crippen LogP) is 2.40. The number of isocyanates is 1. The zero-order chi connectivity index (χ0) is 8.97. The van der Waals surface area contributed by atoms with Crippen LogP contribution in [0.4, 0.5) is 4.39 Å². The van der Waals surface area contributed by atoms with E-state index in [1.54, 1.807) is 6.07 Å². The van der Waals surface area contributed by atoms with Crippen molar-refractivity contribution in [3.8, 4) is 0 Å². The lowest BCUT2D eigenvalue weighted by Crippen LogP contribution is -1.90. The van der Waals surface area contributed by atoms with Crippen LogP contribution >= 0.6 is 11.6 Å². The lowest BCUT2D eigenvalue weighted by molar-refractivity contribution is 0.561. The molecule has 0 aliphatic carbocycles. The van der Waals surface area contributed by atoms with Crippen LogP contribution in [0.15, 0.2) is 29.3 Å². The third-order valence-electron chi connectivity index (χ3n) is 1.33. The smallest absolute Gasteiger partial charge is 0.211 e. The number of hydrogen-bond donors (Lipinski definition) is 0. The minimum Gasteiger partial charge on any atom is -0.211 e. The monoisotopic (exact) mass is 185 g/mol. The molecule has 0 N–H and O–H groups in total. The molecule has 0 radical (unpaired) electrons. The minimum absolute atomic E-state index is 0.183. The third-order valence-corrected chi connectivity index (χ3v) is 1.66. The summed E-state index contributed by atoms with van der Waals surface area (Å²) in [6, 6.07) is 5.88. The highest BCUT2D eigenvalue weighted by Gasteiger charge is 2.09. The molecule has 1 unspecified atom stereocenters. The Morgan fingerprint density at radius 1 is 1.50 bits per heavy atom. The summed E-state index contributed by atoms with van der Waals surface area (Å²) >= 11 is 5.54. The second-order valence-electron chi connectivity index (χ2n) is 2.08. The first-order valence-corrected chi connectivity index (χ1v) is 3.65. The fourth-order valence-electron chi connectivity index (χ4n) is 0.784. The van der Waals surface area contributed by atoms with Gasteiger partial charge in [0.05, 0.1) is 0 Å². The number of rotatable bonds is 2. The number of benzene rings is 1. The summed E-state index contributed by atoms with van der Waals surface area (Å²) in [7, 11) is 0. The SMILES string of the molecule is O=C=NC(Cl)c1ccccc1F. The van der Waals surface area contributed by atoms with Gasteiger partial charge in [-0.05, 0) is 6.07 Å². The van der Waals surface area contributed by atoms with E-state index in [9.17, 15) is 9.18 Å². The van der Waals surface area contributed by atoms with Gasteiger partial charge in [-0.1, -0.05) is 29.8 Å². The first-order chi connectivity index (χ1) is 5.75. The Morgan fingerprint density at radius 3 is 2.75 bits per heavy atom. The first-order valence-electron chi connectivity index (χ1n) is 3.21. The van der Waals surface area contributed by atoms with Crippen LogP contribution in [0, 0.1) is 5.82 Å². The van der Waals surface area contributed by atoms with Crippen LogP contribution in [0.3, 0.4) is 0 Å². The van der Waals surface area contributed by atoms with Gasteiger partial charge in [-0.15, -0.1) is 0 Å². The summed E-state index contributed by atoms with van der Waals surface area (Å²) in [5.74, 6) is -0.475. The van der Waals surface area contributed by atoms with E-state index in [0.29, 0.717) is 0 Å². The molecule has 0 fully saturated rings. The predicted molar refractivity (Wildman–Crippen MR) is 43.1 cm³/mol. The van der Waals surface area contributed by atoms with Crippen LogP contribution in [0.25, 0.3) is 0 Å². The number of aliphatic imine (C=N–C) groups is 1. The maximum Gasteiger partial charge on any atom is 0.236 e. The average molecular weight is 186 g/mol. The van der Waals surface area contributed by atoms with Crippen molar-refractivity contribution in [3.63, 3.8) is 0 Å². The quantitative estimate of drug-likeness (QED) is 0.301. The van der Waals surface area contributed by atoms with E-state index in [1.807, 2.05) is 0 Å². The van der Waals surface area contributed by atoms with E-state index in [0.717, 1.165) is 0 Å². The fourth-order valence-corrected chi connectivity index (χ4v) is 1.00. The summed E-state index contributed by atoms with van der Waals surface area (Å²) in [5, 5.41) is 0. The molecule has 0 saturated heterocycles. The molecule has 2 nitrogen and oxygen atoms in total.